The maximum absolute atomic E-state index is 14.1. The topological polar surface area (TPSA) is 150 Å². The lowest BCUT2D eigenvalue weighted by Crippen LogP contribution is -2.35. The third-order valence-electron chi connectivity index (χ3n) is 6.72. The van der Waals surface area contributed by atoms with E-state index in [1.165, 1.54) is 19.6 Å². The van der Waals surface area contributed by atoms with Crippen LogP contribution < -0.4 is 20.3 Å². The summed E-state index contributed by atoms with van der Waals surface area (Å²) in [6.45, 7) is 4.79. The Labute approximate surface area is 240 Å². The Hall–Kier alpha value is -4.05. The number of nitrogens with one attached hydrogen (secondary N) is 2. The minimum Gasteiger partial charge on any atom is -0.480 e. The van der Waals surface area contributed by atoms with Crippen molar-refractivity contribution in [2.45, 2.75) is 63.3 Å². The van der Waals surface area contributed by atoms with Crippen LogP contribution in [0.5, 0.6) is 5.88 Å². The molecule has 0 amide bonds. The molecule has 222 valence electrons. The molecule has 0 aliphatic heterocycles. The third kappa shape index (κ3) is 5.81. The van der Waals surface area contributed by atoms with E-state index in [-0.39, 0.29) is 46.8 Å². The van der Waals surface area contributed by atoms with Crippen LogP contribution in [0.3, 0.4) is 0 Å². The highest BCUT2D eigenvalue weighted by atomic mass is 32.2. The van der Waals surface area contributed by atoms with Crippen molar-refractivity contribution in [3.05, 3.63) is 52.0 Å². The lowest BCUT2D eigenvalue weighted by molar-refractivity contribution is -0.162. The zero-order valence-electron chi connectivity index (χ0n) is 23.2. The van der Waals surface area contributed by atoms with Crippen LogP contribution in [0.2, 0.25) is 0 Å². The number of aromatic nitrogens is 7. The summed E-state index contributed by atoms with van der Waals surface area (Å²) in [6, 6.07) is 0.984. The van der Waals surface area contributed by atoms with E-state index >= 15 is 0 Å². The van der Waals surface area contributed by atoms with Gasteiger partial charge in [0.1, 0.15) is 39.5 Å². The summed E-state index contributed by atoms with van der Waals surface area (Å²) in [7, 11) is -0.0542. The summed E-state index contributed by atoms with van der Waals surface area (Å²) in [5.41, 5.74) is 0.602. The summed E-state index contributed by atoms with van der Waals surface area (Å²) < 4.78 is 63.1. The van der Waals surface area contributed by atoms with Crippen LogP contribution in [0.4, 0.5) is 19.0 Å². The minimum atomic E-state index is -4.76. The highest BCUT2D eigenvalue weighted by molar-refractivity contribution is 7.83. The molecular weight excluding hydrogens is 575 g/mol. The number of hydrogen-bond acceptors (Lipinski definition) is 10. The number of fused-ring (bicyclic) bond motifs is 1. The molecule has 4 aromatic heterocycles. The fraction of sp³-hybridized carbons (Fsp3) is 0.423. The second-order valence-corrected chi connectivity index (χ2v) is 10.9. The molecular formula is C26H28F3N9O3S. The first-order valence-corrected chi connectivity index (χ1v) is 14.3. The molecule has 1 saturated carbocycles. The van der Waals surface area contributed by atoms with Crippen LogP contribution in [0.25, 0.3) is 22.6 Å². The minimum absolute atomic E-state index is 0.0234. The van der Waals surface area contributed by atoms with Gasteiger partial charge in [0.15, 0.2) is 17.3 Å². The van der Waals surface area contributed by atoms with Crippen LogP contribution in [0.1, 0.15) is 55.6 Å². The summed E-state index contributed by atoms with van der Waals surface area (Å²) in [5, 5.41) is 3.15. The highest BCUT2D eigenvalue weighted by Crippen LogP contribution is 2.45. The largest absolute Gasteiger partial charge is 0.480 e. The number of halogens is 3. The fourth-order valence-electron chi connectivity index (χ4n) is 4.38. The second kappa shape index (κ2) is 11.7. The third-order valence-corrected chi connectivity index (χ3v) is 7.89. The van der Waals surface area contributed by atoms with Crippen LogP contribution in [0.15, 0.2) is 34.5 Å². The van der Waals surface area contributed by atoms with E-state index in [0.29, 0.717) is 33.0 Å². The highest BCUT2D eigenvalue weighted by Gasteiger charge is 2.40. The molecule has 42 heavy (non-hydrogen) atoms. The quantitative estimate of drug-likeness (QED) is 0.275. The van der Waals surface area contributed by atoms with Gasteiger partial charge in [0.05, 0.1) is 18.5 Å². The predicted molar refractivity (Wildman–Crippen MR) is 148 cm³/mol. The standard InChI is InChI=1S/C26H28F3N9O3S/c1-5-34-42(40)17-9-6-15(10-30-17)11-31-22-25(39)38(14(3)26(27,28)29)23-19(36-22)13(2)35-21(37-23)18-20(16-7-8-16)32-12-33-24(18)41-4/h6,9-10,12,14,16,34H,5,7-8,11H2,1-4H3,(H,31,36)/t14-,42?/m0/s1. The van der Waals surface area contributed by atoms with Gasteiger partial charge in [-0.3, -0.25) is 9.36 Å². The molecule has 16 heteroatoms. The Balaban J connectivity index is 1.60. The van der Waals surface area contributed by atoms with Gasteiger partial charge in [-0.25, -0.2) is 38.8 Å². The number of pyridine rings is 1. The van der Waals surface area contributed by atoms with Gasteiger partial charge in [0, 0.05) is 25.2 Å². The predicted octanol–water partition coefficient (Wildman–Crippen LogP) is 3.60. The van der Waals surface area contributed by atoms with Gasteiger partial charge in [-0.2, -0.15) is 13.2 Å². The molecule has 12 nitrogen and oxygen atoms in total. The first kappa shape index (κ1) is 29.4. The van der Waals surface area contributed by atoms with Crippen LogP contribution in [-0.4, -0.2) is 58.5 Å². The number of aryl methyl sites for hydroxylation is 1. The molecule has 2 N–H and O–H groups in total. The Kier molecular flexibility index (Phi) is 8.19. The van der Waals surface area contributed by atoms with Crippen molar-refractivity contribution in [3.8, 4) is 17.3 Å². The van der Waals surface area contributed by atoms with Gasteiger partial charge < -0.3 is 10.1 Å². The number of methoxy groups -OCH3 is 1. The fourth-order valence-corrected chi connectivity index (χ4v) is 5.13. The Morgan fingerprint density at radius 1 is 1.17 bits per heavy atom. The summed E-state index contributed by atoms with van der Waals surface area (Å²) in [5.74, 6) is 0.0516. The molecule has 0 radical (unpaired) electrons. The Bertz CT molecular complexity index is 1710. The van der Waals surface area contributed by atoms with Crippen LogP contribution in [0, 0.1) is 6.92 Å². The molecule has 0 saturated heterocycles. The number of anilines is 1. The summed E-state index contributed by atoms with van der Waals surface area (Å²) in [6.07, 6.45) is -0.169. The molecule has 0 spiro atoms. The zero-order valence-corrected chi connectivity index (χ0v) is 24.0. The number of ether oxygens (including phenoxy) is 1. The molecule has 1 aliphatic carbocycles. The van der Waals surface area contributed by atoms with Crippen LogP contribution in [-0.2, 0) is 17.5 Å². The van der Waals surface area contributed by atoms with E-state index in [0.717, 1.165) is 19.8 Å². The van der Waals surface area contributed by atoms with E-state index < -0.39 is 28.8 Å². The molecule has 0 aromatic carbocycles. The first-order valence-electron chi connectivity index (χ1n) is 13.1. The monoisotopic (exact) mass is 603 g/mol. The molecule has 2 atom stereocenters. The van der Waals surface area contributed by atoms with Crippen molar-refractivity contribution in [3.63, 3.8) is 0 Å². The van der Waals surface area contributed by atoms with Crippen LogP contribution >= 0.6 is 0 Å². The number of rotatable bonds is 10. The van der Waals surface area contributed by atoms with E-state index in [9.17, 15) is 22.2 Å². The van der Waals surface area contributed by atoms with Gasteiger partial charge in [-0.05, 0) is 38.3 Å². The van der Waals surface area contributed by atoms with E-state index in [4.69, 9.17) is 4.74 Å². The lowest BCUT2D eigenvalue weighted by atomic mass is 10.1. The molecule has 1 fully saturated rings. The van der Waals surface area contributed by atoms with Crippen molar-refractivity contribution in [2.75, 3.05) is 19.0 Å². The smallest absolute Gasteiger partial charge is 0.409 e. The zero-order chi connectivity index (χ0) is 30.2. The van der Waals surface area contributed by atoms with Crippen molar-refractivity contribution in [2.24, 2.45) is 0 Å². The lowest BCUT2D eigenvalue weighted by Gasteiger charge is -2.22. The molecule has 0 bridgehead atoms. The average Bonchev–Trinajstić information content (AvgIpc) is 3.81. The normalized spacial score (nSPS) is 15.0. The van der Waals surface area contributed by atoms with E-state index in [2.05, 4.69) is 39.9 Å². The number of hydrogen-bond donors (Lipinski definition) is 2. The Morgan fingerprint density at radius 2 is 1.93 bits per heavy atom. The average molecular weight is 604 g/mol. The van der Waals surface area contributed by atoms with Crippen molar-refractivity contribution in [1.29, 1.82) is 0 Å². The van der Waals surface area contributed by atoms with Gasteiger partial charge in [0.25, 0.3) is 5.56 Å². The second-order valence-electron chi connectivity index (χ2n) is 9.70. The molecule has 4 heterocycles. The van der Waals surface area contributed by atoms with E-state index in [1.807, 2.05) is 6.92 Å². The number of nitrogens with zero attached hydrogens (tertiary/aromatic N) is 7. The first-order chi connectivity index (χ1) is 20.0. The number of alkyl halides is 3. The maximum Gasteiger partial charge on any atom is 0.409 e. The van der Waals surface area contributed by atoms with Crippen molar-refractivity contribution >= 4 is 28.0 Å². The molecule has 5 rings (SSSR count). The maximum atomic E-state index is 14.1. The SMILES string of the molecule is CCNS(=O)c1ccc(CNc2nc3c(C)nc(-c4c(OC)ncnc4C4CC4)nc3n([C@@H](C)C(F)(F)F)c2=O)cn1. The van der Waals surface area contributed by atoms with E-state index in [1.54, 1.807) is 19.1 Å². The van der Waals surface area contributed by atoms with Crippen molar-refractivity contribution in [1.82, 2.24) is 39.2 Å². The molecule has 4 aromatic rings. The molecule has 1 unspecified atom stereocenters. The Morgan fingerprint density at radius 3 is 2.55 bits per heavy atom. The van der Waals surface area contributed by atoms with Gasteiger partial charge in [0.2, 0.25) is 5.88 Å². The van der Waals surface area contributed by atoms with Gasteiger partial charge in [-0.1, -0.05) is 13.0 Å². The van der Waals surface area contributed by atoms with Gasteiger partial charge in [-0.15, -0.1) is 0 Å². The van der Waals surface area contributed by atoms with Gasteiger partial charge >= 0.3 is 6.18 Å². The molecule has 1 aliphatic rings. The van der Waals surface area contributed by atoms with Crippen molar-refractivity contribution < 1.29 is 22.1 Å². The summed E-state index contributed by atoms with van der Waals surface area (Å²) in [4.78, 5) is 39.5. The summed E-state index contributed by atoms with van der Waals surface area (Å²) >= 11 is 0.